The van der Waals surface area contributed by atoms with Gasteiger partial charge in [-0.05, 0) is 17.0 Å². The Morgan fingerprint density at radius 3 is 2.60 bits per heavy atom. The highest BCUT2D eigenvalue weighted by Gasteiger charge is 2.16. The van der Waals surface area contributed by atoms with Crippen LogP contribution < -0.4 is 5.56 Å². The third kappa shape index (κ3) is 3.21. The van der Waals surface area contributed by atoms with Crippen LogP contribution in [0.1, 0.15) is 32.2 Å². The second-order valence-electron chi connectivity index (χ2n) is 8.29. The predicted molar refractivity (Wildman–Crippen MR) is 119 cm³/mol. The number of benzene rings is 2. The van der Waals surface area contributed by atoms with E-state index < -0.39 is 0 Å². The Labute approximate surface area is 176 Å². The van der Waals surface area contributed by atoms with E-state index in [1.165, 1.54) is 21.5 Å². The molecule has 0 atom stereocenters. The van der Waals surface area contributed by atoms with E-state index in [-0.39, 0.29) is 17.5 Å². The molecular formula is C23H20N4O2S. The lowest BCUT2D eigenvalue weighted by Crippen LogP contribution is -2.20. The van der Waals surface area contributed by atoms with Gasteiger partial charge in [0.2, 0.25) is 11.7 Å². The van der Waals surface area contributed by atoms with Gasteiger partial charge in [-0.1, -0.05) is 68.4 Å². The molecule has 0 N–H and O–H groups in total. The van der Waals surface area contributed by atoms with Gasteiger partial charge >= 0.3 is 0 Å². The van der Waals surface area contributed by atoms with E-state index in [1.54, 1.807) is 6.33 Å². The summed E-state index contributed by atoms with van der Waals surface area (Å²) in [5.41, 5.74) is 2.84. The van der Waals surface area contributed by atoms with E-state index in [2.05, 4.69) is 48.0 Å². The molecule has 3 aromatic heterocycles. The van der Waals surface area contributed by atoms with Gasteiger partial charge in [0.05, 0.1) is 11.8 Å². The lowest BCUT2D eigenvalue weighted by molar-refractivity contribution is 0.370. The van der Waals surface area contributed by atoms with Crippen LogP contribution in [-0.4, -0.2) is 19.7 Å². The molecule has 3 heterocycles. The van der Waals surface area contributed by atoms with E-state index in [0.717, 1.165) is 21.2 Å². The number of hydrogen-bond acceptors (Lipinski definition) is 6. The summed E-state index contributed by atoms with van der Waals surface area (Å²) in [6.07, 6.45) is 1.55. The van der Waals surface area contributed by atoms with Gasteiger partial charge in [0.25, 0.3) is 5.56 Å². The summed E-state index contributed by atoms with van der Waals surface area (Å²) >= 11 is 1.46. The van der Waals surface area contributed by atoms with Crippen molar-refractivity contribution in [2.75, 3.05) is 0 Å². The molecule has 0 bridgehead atoms. The van der Waals surface area contributed by atoms with Gasteiger partial charge in [0, 0.05) is 15.6 Å². The third-order valence-electron chi connectivity index (χ3n) is 5.13. The highest BCUT2D eigenvalue weighted by Crippen LogP contribution is 2.30. The van der Waals surface area contributed by atoms with Crippen LogP contribution in [0.25, 0.3) is 31.7 Å². The SMILES string of the molecule is CC(C)(C)c1ccc(-c2noc(Cn3cnc4c(sc5ccccc54)c3=O)n2)cc1. The second kappa shape index (κ2) is 6.88. The minimum absolute atomic E-state index is 0.0837. The molecule has 0 aliphatic heterocycles. The third-order valence-corrected chi connectivity index (χ3v) is 6.28. The lowest BCUT2D eigenvalue weighted by atomic mass is 9.87. The Bertz CT molecular complexity index is 1420. The standard InChI is InChI=1S/C23H20N4O2S/c1-23(2,3)15-10-8-14(9-11-15)21-25-18(29-26-21)12-27-13-24-19-16-6-4-5-7-17(16)30-20(19)22(27)28/h4-11,13H,12H2,1-3H3. The maximum Gasteiger partial charge on any atom is 0.271 e. The smallest absolute Gasteiger partial charge is 0.271 e. The van der Waals surface area contributed by atoms with E-state index in [0.29, 0.717) is 16.4 Å². The van der Waals surface area contributed by atoms with Crippen molar-refractivity contribution in [2.24, 2.45) is 0 Å². The van der Waals surface area contributed by atoms with Crippen molar-refractivity contribution in [3.05, 3.63) is 76.7 Å². The molecule has 2 aromatic carbocycles. The van der Waals surface area contributed by atoms with Crippen LogP contribution in [0.15, 0.2) is 64.2 Å². The predicted octanol–water partition coefficient (Wildman–Crippen LogP) is 5.01. The highest BCUT2D eigenvalue weighted by molar-refractivity contribution is 7.25. The molecule has 7 heteroatoms. The van der Waals surface area contributed by atoms with Gasteiger partial charge in [0.15, 0.2) is 0 Å². The van der Waals surface area contributed by atoms with Crippen LogP contribution in [0.3, 0.4) is 0 Å². The minimum Gasteiger partial charge on any atom is -0.337 e. The molecule has 150 valence electrons. The zero-order chi connectivity index (χ0) is 20.9. The Morgan fingerprint density at radius 1 is 1.07 bits per heavy atom. The summed E-state index contributed by atoms with van der Waals surface area (Å²) < 4.78 is 8.60. The number of thiophene rings is 1. The summed E-state index contributed by atoms with van der Waals surface area (Å²) in [5, 5.41) is 5.08. The van der Waals surface area contributed by atoms with Crippen molar-refractivity contribution >= 4 is 31.6 Å². The summed E-state index contributed by atoms with van der Waals surface area (Å²) in [6.45, 7) is 6.71. The first-order chi connectivity index (χ1) is 14.4. The van der Waals surface area contributed by atoms with Crippen molar-refractivity contribution in [1.29, 1.82) is 0 Å². The van der Waals surface area contributed by atoms with Gasteiger partial charge in [-0.3, -0.25) is 9.36 Å². The molecule has 0 fully saturated rings. The first-order valence-electron chi connectivity index (χ1n) is 9.70. The van der Waals surface area contributed by atoms with Gasteiger partial charge < -0.3 is 4.52 Å². The Morgan fingerprint density at radius 2 is 1.83 bits per heavy atom. The number of aromatic nitrogens is 4. The first kappa shape index (κ1) is 18.7. The molecule has 5 rings (SSSR count). The van der Waals surface area contributed by atoms with Crippen LogP contribution in [-0.2, 0) is 12.0 Å². The van der Waals surface area contributed by atoms with E-state index >= 15 is 0 Å². The van der Waals surface area contributed by atoms with Crippen molar-refractivity contribution in [1.82, 2.24) is 19.7 Å². The number of fused-ring (bicyclic) bond motifs is 3. The van der Waals surface area contributed by atoms with Gasteiger partial charge in [-0.15, -0.1) is 11.3 Å². The molecule has 0 aliphatic carbocycles. The van der Waals surface area contributed by atoms with Gasteiger partial charge in [0.1, 0.15) is 11.2 Å². The van der Waals surface area contributed by atoms with Gasteiger partial charge in [-0.25, -0.2) is 4.98 Å². The monoisotopic (exact) mass is 416 g/mol. The van der Waals surface area contributed by atoms with E-state index in [9.17, 15) is 4.79 Å². The van der Waals surface area contributed by atoms with Crippen LogP contribution in [0.4, 0.5) is 0 Å². The van der Waals surface area contributed by atoms with Crippen molar-refractivity contribution in [2.45, 2.75) is 32.7 Å². The van der Waals surface area contributed by atoms with Crippen LogP contribution >= 0.6 is 11.3 Å². The second-order valence-corrected chi connectivity index (χ2v) is 9.34. The maximum atomic E-state index is 13.0. The fourth-order valence-corrected chi connectivity index (χ4v) is 4.53. The summed E-state index contributed by atoms with van der Waals surface area (Å²) in [7, 11) is 0. The largest absolute Gasteiger partial charge is 0.337 e. The Kier molecular flexibility index (Phi) is 4.29. The molecule has 6 nitrogen and oxygen atoms in total. The molecular weight excluding hydrogens is 396 g/mol. The maximum absolute atomic E-state index is 13.0. The van der Waals surface area contributed by atoms with Crippen LogP contribution in [0, 0.1) is 0 Å². The van der Waals surface area contributed by atoms with Crippen molar-refractivity contribution < 1.29 is 4.52 Å². The molecule has 0 spiro atoms. The van der Waals surface area contributed by atoms with Gasteiger partial charge in [-0.2, -0.15) is 4.98 Å². The zero-order valence-corrected chi connectivity index (χ0v) is 17.7. The Balaban J connectivity index is 1.45. The number of rotatable bonds is 3. The highest BCUT2D eigenvalue weighted by atomic mass is 32.1. The molecule has 0 aliphatic rings. The normalized spacial score (nSPS) is 12.1. The topological polar surface area (TPSA) is 73.8 Å². The molecule has 0 unspecified atom stereocenters. The lowest BCUT2D eigenvalue weighted by Gasteiger charge is -2.18. The van der Waals surface area contributed by atoms with E-state index in [1.807, 2.05) is 36.4 Å². The summed E-state index contributed by atoms with van der Waals surface area (Å²) in [5.74, 6) is 0.878. The molecule has 0 saturated carbocycles. The molecule has 5 aromatic rings. The Hall–Kier alpha value is -3.32. The van der Waals surface area contributed by atoms with Crippen LogP contribution in [0.2, 0.25) is 0 Å². The fourth-order valence-electron chi connectivity index (χ4n) is 3.43. The van der Waals surface area contributed by atoms with Crippen LogP contribution in [0.5, 0.6) is 0 Å². The molecule has 0 amide bonds. The first-order valence-corrected chi connectivity index (χ1v) is 10.5. The molecule has 0 radical (unpaired) electrons. The number of nitrogens with zero attached hydrogens (tertiary/aromatic N) is 4. The summed E-state index contributed by atoms with van der Waals surface area (Å²) in [6, 6.07) is 16.0. The van der Waals surface area contributed by atoms with Crippen molar-refractivity contribution in [3.8, 4) is 11.4 Å². The van der Waals surface area contributed by atoms with E-state index in [4.69, 9.17) is 4.52 Å². The average Bonchev–Trinajstić information content (AvgIpc) is 3.35. The molecule has 0 saturated heterocycles. The minimum atomic E-state index is -0.101. The summed E-state index contributed by atoms with van der Waals surface area (Å²) in [4.78, 5) is 21.9. The quantitative estimate of drug-likeness (QED) is 0.413. The number of hydrogen-bond donors (Lipinski definition) is 0. The fraction of sp³-hybridized carbons (Fsp3) is 0.217. The van der Waals surface area contributed by atoms with Crippen molar-refractivity contribution in [3.63, 3.8) is 0 Å². The zero-order valence-electron chi connectivity index (χ0n) is 16.9. The average molecular weight is 417 g/mol. The molecule has 30 heavy (non-hydrogen) atoms.